The maximum absolute atomic E-state index is 12.7. The number of nitrogen functional groups attached to an aromatic ring is 1. The van der Waals surface area contributed by atoms with Gasteiger partial charge in [-0.2, -0.15) is 5.10 Å². The number of rotatable bonds is 7. The van der Waals surface area contributed by atoms with Gasteiger partial charge in [0.05, 0.1) is 5.69 Å². The Balaban J connectivity index is 1.42. The molecule has 2 aromatic carbocycles. The second-order valence-electron chi connectivity index (χ2n) is 8.55. The van der Waals surface area contributed by atoms with Crippen LogP contribution in [0, 0.1) is 6.92 Å². The first-order valence-corrected chi connectivity index (χ1v) is 10.9. The summed E-state index contributed by atoms with van der Waals surface area (Å²) in [6, 6.07) is 23.0. The SMILES string of the molecule is Cc1cc(N)n(CC(=O)NCC2(c3ccccc3)CCN(Cc3ccccc3)CC2)n1. The van der Waals surface area contributed by atoms with E-state index < -0.39 is 0 Å². The number of carbonyl (C=O) groups is 1. The highest BCUT2D eigenvalue weighted by Crippen LogP contribution is 2.35. The Kier molecular flexibility index (Phi) is 6.37. The van der Waals surface area contributed by atoms with Gasteiger partial charge in [-0.3, -0.25) is 9.69 Å². The molecule has 6 heteroatoms. The fraction of sp³-hybridized carbons (Fsp3) is 0.360. The molecule has 0 saturated carbocycles. The Hall–Kier alpha value is -3.12. The van der Waals surface area contributed by atoms with Crippen LogP contribution in [0.4, 0.5) is 5.82 Å². The normalized spacial score (nSPS) is 16.2. The number of anilines is 1. The lowest BCUT2D eigenvalue weighted by Crippen LogP contribution is -2.49. The zero-order valence-corrected chi connectivity index (χ0v) is 18.1. The third-order valence-corrected chi connectivity index (χ3v) is 6.30. The van der Waals surface area contributed by atoms with Gasteiger partial charge in [0.15, 0.2) is 0 Å². The number of hydrogen-bond acceptors (Lipinski definition) is 4. The zero-order valence-electron chi connectivity index (χ0n) is 18.1. The van der Waals surface area contributed by atoms with Crippen LogP contribution in [0.5, 0.6) is 0 Å². The summed E-state index contributed by atoms with van der Waals surface area (Å²) in [6.07, 6.45) is 2.01. The zero-order chi connectivity index (χ0) is 21.7. The highest BCUT2D eigenvalue weighted by Gasteiger charge is 2.36. The third kappa shape index (κ3) is 5.14. The molecule has 31 heavy (non-hydrogen) atoms. The number of nitrogens with zero attached hydrogens (tertiary/aromatic N) is 3. The monoisotopic (exact) mass is 417 g/mol. The van der Waals surface area contributed by atoms with Crippen molar-refractivity contribution in [2.45, 2.75) is 38.3 Å². The van der Waals surface area contributed by atoms with Crippen molar-refractivity contribution >= 4 is 11.7 Å². The number of aryl methyl sites for hydroxylation is 1. The second kappa shape index (κ2) is 9.35. The highest BCUT2D eigenvalue weighted by atomic mass is 16.2. The number of nitrogens with two attached hydrogens (primary N) is 1. The van der Waals surface area contributed by atoms with Crippen molar-refractivity contribution < 1.29 is 4.79 Å². The molecule has 1 fully saturated rings. The summed E-state index contributed by atoms with van der Waals surface area (Å²) in [5.74, 6) is 0.455. The summed E-state index contributed by atoms with van der Waals surface area (Å²) in [5.41, 5.74) is 9.33. The van der Waals surface area contributed by atoms with Crippen molar-refractivity contribution in [2.75, 3.05) is 25.4 Å². The first kappa shape index (κ1) is 21.1. The van der Waals surface area contributed by atoms with E-state index in [1.165, 1.54) is 11.1 Å². The summed E-state index contributed by atoms with van der Waals surface area (Å²) in [4.78, 5) is 15.2. The fourth-order valence-corrected chi connectivity index (χ4v) is 4.49. The number of amides is 1. The summed E-state index contributed by atoms with van der Waals surface area (Å²) in [7, 11) is 0. The minimum absolute atomic E-state index is 0.0585. The lowest BCUT2D eigenvalue weighted by atomic mass is 9.72. The smallest absolute Gasteiger partial charge is 0.241 e. The van der Waals surface area contributed by atoms with Crippen molar-refractivity contribution in [1.29, 1.82) is 0 Å². The van der Waals surface area contributed by atoms with E-state index in [1.807, 2.05) is 13.0 Å². The van der Waals surface area contributed by atoms with Gasteiger partial charge < -0.3 is 11.1 Å². The van der Waals surface area contributed by atoms with Gasteiger partial charge in [0.25, 0.3) is 0 Å². The van der Waals surface area contributed by atoms with E-state index in [9.17, 15) is 4.79 Å². The van der Waals surface area contributed by atoms with Crippen molar-refractivity contribution in [1.82, 2.24) is 20.0 Å². The van der Waals surface area contributed by atoms with Crippen LogP contribution in [-0.4, -0.2) is 40.2 Å². The molecule has 0 atom stereocenters. The first-order chi connectivity index (χ1) is 15.0. The Morgan fingerprint density at radius 3 is 2.32 bits per heavy atom. The van der Waals surface area contributed by atoms with E-state index in [2.05, 4.69) is 69.9 Å². The summed E-state index contributed by atoms with van der Waals surface area (Å²) in [6.45, 7) is 5.62. The van der Waals surface area contributed by atoms with E-state index in [4.69, 9.17) is 5.73 Å². The molecule has 1 saturated heterocycles. The number of piperidine rings is 1. The minimum atomic E-state index is -0.0598. The molecular formula is C25H31N5O. The molecule has 3 aromatic rings. The molecule has 3 N–H and O–H groups in total. The van der Waals surface area contributed by atoms with Crippen LogP contribution in [-0.2, 0) is 23.3 Å². The van der Waals surface area contributed by atoms with Crippen LogP contribution in [0.25, 0.3) is 0 Å². The molecule has 162 valence electrons. The predicted molar refractivity (Wildman–Crippen MR) is 123 cm³/mol. The van der Waals surface area contributed by atoms with E-state index >= 15 is 0 Å². The van der Waals surface area contributed by atoms with Gasteiger partial charge in [0, 0.05) is 24.6 Å². The molecule has 0 radical (unpaired) electrons. The van der Waals surface area contributed by atoms with Gasteiger partial charge in [-0.1, -0.05) is 60.7 Å². The lowest BCUT2D eigenvalue weighted by molar-refractivity contribution is -0.122. The Morgan fingerprint density at radius 1 is 1.06 bits per heavy atom. The summed E-state index contributed by atoms with van der Waals surface area (Å²) in [5, 5.41) is 7.46. The number of carbonyl (C=O) groups excluding carboxylic acids is 1. The Morgan fingerprint density at radius 2 is 1.71 bits per heavy atom. The van der Waals surface area contributed by atoms with E-state index in [1.54, 1.807) is 10.7 Å². The molecule has 1 aromatic heterocycles. The van der Waals surface area contributed by atoms with E-state index in [-0.39, 0.29) is 17.9 Å². The van der Waals surface area contributed by atoms with Crippen LogP contribution < -0.4 is 11.1 Å². The van der Waals surface area contributed by atoms with Crippen molar-refractivity contribution in [3.8, 4) is 0 Å². The number of hydrogen-bond donors (Lipinski definition) is 2. The van der Waals surface area contributed by atoms with Crippen LogP contribution >= 0.6 is 0 Å². The average Bonchev–Trinajstić information content (AvgIpc) is 3.11. The standard InChI is InChI=1S/C25H31N5O/c1-20-16-23(26)30(28-20)18-24(31)27-19-25(22-10-6-3-7-11-22)12-14-29(15-13-25)17-21-8-4-2-5-9-21/h2-11,16H,12-15,17-19,26H2,1H3,(H,27,31). The molecule has 0 aliphatic carbocycles. The predicted octanol–water partition coefficient (Wildman–Crippen LogP) is 3.12. The number of aromatic nitrogens is 2. The topological polar surface area (TPSA) is 76.2 Å². The summed E-state index contributed by atoms with van der Waals surface area (Å²) >= 11 is 0. The van der Waals surface area contributed by atoms with Gasteiger partial charge in [-0.15, -0.1) is 0 Å². The maximum atomic E-state index is 12.7. The van der Waals surface area contributed by atoms with Crippen LogP contribution in [0.1, 0.15) is 29.7 Å². The summed E-state index contributed by atoms with van der Waals surface area (Å²) < 4.78 is 1.56. The average molecular weight is 418 g/mol. The van der Waals surface area contributed by atoms with Gasteiger partial charge in [0.1, 0.15) is 12.4 Å². The van der Waals surface area contributed by atoms with Crippen LogP contribution in [0.3, 0.4) is 0 Å². The molecular weight excluding hydrogens is 386 g/mol. The Labute approximate surface area is 184 Å². The molecule has 0 bridgehead atoms. The molecule has 2 heterocycles. The highest BCUT2D eigenvalue weighted by molar-refractivity contribution is 5.76. The largest absolute Gasteiger partial charge is 0.384 e. The van der Waals surface area contributed by atoms with Crippen LogP contribution in [0.2, 0.25) is 0 Å². The van der Waals surface area contributed by atoms with Gasteiger partial charge >= 0.3 is 0 Å². The Bertz CT molecular complexity index is 991. The molecule has 6 nitrogen and oxygen atoms in total. The molecule has 0 spiro atoms. The van der Waals surface area contributed by atoms with Gasteiger partial charge in [-0.05, 0) is 44.0 Å². The lowest BCUT2D eigenvalue weighted by Gasteiger charge is -2.42. The first-order valence-electron chi connectivity index (χ1n) is 10.9. The fourth-order valence-electron chi connectivity index (χ4n) is 4.49. The van der Waals surface area contributed by atoms with Crippen LogP contribution in [0.15, 0.2) is 66.7 Å². The molecule has 1 amide bonds. The number of likely N-dealkylation sites (tertiary alicyclic amines) is 1. The molecule has 1 aliphatic heterocycles. The number of benzene rings is 2. The van der Waals surface area contributed by atoms with E-state index in [0.717, 1.165) is 38.2 Å². The molecule has 0 unspecified atom stereocenters. The van der Waals surface area contributed by atoms with Gasteiger partial charge in [0.2, 0.25) is 5.91 Å². The molecule has 1 aliphatic rings. The maximum Gasteiger partial charge on any atom is 0.241 e. The quantitative estimate of drug-likeness (QED) is 0.619. The van der Waals surface area contributed by atoms with Crippen molar-refractivity contribution in [3.63, 3.8) is 0 Å². The van der Waals surface area contributed by atoms with Crippen molar-refractivity contribution in [2.24, 2.45) is 0 Å². The minimum Gasteiger partial charge on any atom is -0.384 e. The molecule has 4 rings (SSSR count). The second-order valence-corrected chi connectivity index (χ2v) is 8.55. The van der Waals surface area contributed by atoms with Gasteiger partial charge in [-0.25, -0.2) is 4.68 Å². The third-order valence-electron chi connectivity index (χ3n) is 6.30. The van der Waals surface area contributed by atoms with E-state index in [0.29, 0.717) is 12.4 Å². The van der Waals surface area contributed by atoms with Crippen molar-refractivity contribution in [3.05, 3.63) is 83.6 Å². The number of nitrogens with one attached hydrogen (secondary N) is 1.